The van der Waals surface area contributed by atoms with Gasteiger partial charge in [-0.3, -0.25) is 0 Å². The van der Waals surface area contributed by atoms with E-state index in [1.807, 2.05) is 6.92 Å². The van der Waals surface area contributed by atoms with Crippen LogP contribution in [-0.2, 0) is 0 Å². The first-order chi connectivity index (χ1) is 15.3. The second-order valence-corrected chi connectivity index (χ2v) is 11.4. The van der Waals surface area contributed by atoms with Crippen molar-refractivity contribution in [2.75, 3.05) is 6.61 Å². The van der Waals surface area contributed by atoms with Crippen molar-refractivity contribution in [1.29, 1.82) is 0 Å². The number of halogens is 2. The first kappa shape index (κ1) is 26.3. The maximum absolute atomic E-state index is 14.3. The Morgan fingerprint density at radius 1 is 1.30 bits per heavy atom. The van der Waals surface area contributed by atoms with Crippen LogP contribution < -0.4 is 0 Å². The second kappa shape index (κ2) is 9.75. The van der Waals surface area contributed by atoms with Gasteiger partial charge in [0.25, 0.3) is 5.92 Å². The molecule has 0 aliphatic heterocycles. The number of aliphatic hydroxyl groups excluding tert-OH is 2. The molecule has 0 bridgehead atoms. The van der Waals surface area contributed by atoms with Crippen molar-refractivity contribution < 1.29 is 24.1 Å². The van der Waals surface area contributed by atoms with Crippen LogP contribution in [0.3, 0.4) is 0 Å². The van der Waals surface area contributed by atoms with Crippen molar-refractivity contribution in [1.82, 2.24) is 0 Å². The van der Waals surface area contributed by atoms with E-state index >= 15 is 0 Å². The van der Waals surface area contributed by atoms with E-state index in [1.165, 1.54) is 25.0 Å². The van der Waals surface area contributed by atoms with Crippen LogP contribution in [0.4, 0.5) is 8.78 Å². The fraction of sp³-hybridized carbons (Fsp3) is 0.714. The summed E-state index contributed by atoms with van der Waals surface area (Å²) < 4.78 is 28.7. The minimum absolute atomic E-state index is 0.00216. The topological polar surface area (TPSA) is 60.7 Å². The summed E-state index contributed by atoms with van der Waals surface area (Å²) in [5.41, 5.74) is 2.57. The standard InChI is InChI=1S/C28H42F2O3/c1-18(12-14-28(29,30)26(3,4)33)24-10-11-25-20(7-6-13-27(24,25)5)8-9-21-15-23(32)16-22(17-31)19(21)2/h8-10,18,22-23,25,31-33H,2,6-7,11-17H2,1,3-5H3/b20-8+,21-9-/t18-,22+,23+,25+,27-/m1/s1. The summed E-state index contributed by atoms with van der Waals surface area (Å²) in [4.78, 5) is 0. The van der Waals surface area contributed by atoms with Crippen LogP contribution in [0.1, 0.15) is 79.1 Å². The molecule has 3 aliphatic rings. The van der Waals surface area contributed by atoms with Gasteiger partial charge in [-0.15, -0.1) is 0 Å². The lowest BCUT2D eigenvalue weighted by Crippen LogP contribution is -2.43. The summed E-state index contributed by atoms with van der Waals surface area (Å²) in [7, 11) is 0. The number of fused-ring (bicyclic) bond motifs is 1. The summed E-state index contributed by atoms with van der Waals surface area (Å²) in [5.74, 6) is -2.78. The molecule has 0 aromatic heterocycles. The van der Waals surface area contributed by atoms with Crippen LogP contribution in [0.25, 0.3) is 0 Å². The molecule has 3 rings (SSSR count). The first-order valence-electron chi connectivity index (χ1n) is 12.5. The Balaban J connectivity index is 1.74. The number of hydrogen-bond donors (Lipinski definition) is 3. The molecular weight excluding hydrogens is 422 g/mol. The third-order valence-electron chi connectivity index (χ3n) is 8.56. The number of hydrogen-bond acceptors (Lipinski definition) is 3. The van der Waals surface area contributed by atoms with Crippen molar-refractivity contribution in [2.24, 2.45) is 23.2 Å². The van der Waals surface area contributed by atoms with Crippen LogP contribution in [-0.4, -0.2) is 39.6 Å². The molecule has 3 N–H and O–H groups in total. The molecule has 2 fully saturated rings. The summed E-state index contributed by atoms with van der Waals surface area (Å²) in [6.07, 6.45) is 11.3. The van der Waals surface area contributed by atoms with Crippen molar-refractivity contribution in [3.63, 3.8) is 0 Å². The highest BCUT2D eigenvalue weighted by molar-refractivity contribution is 5.39. The monoisotopic (exact) mass is 464 g/mol. The van der Waals surface area contributed by atoms with Crippen LogP contribution in [0, 0.1) is 23.2 Å². The average molecular weight is 465 g/mol. The molecular formula is C28H42F2O3. The SMILES string of the molecule is C=C1/C(=C\C=C2/CCC[C@]3(C)C([C@H](C)CCC(F)(F)C(C)(C)O)=CC[C@@H]23)C[C@H](O)C[C@H]1CO. The lowest BCUT2D eigenvalue weighted by atomic mass is 9.62. The van der Waals surface area contributed by atoms with Crippen molar-refractivity contribution in [2.45, 2.75) is 96.7 Å². The van der Waals surface area contributed by atoms with E-state index in [2.05, 4.69) is 31.7 Å². The van der Waals surface area contributed by atoms with E-state index in [0.717, 1.165) is 36.8 Å². The Labute approximate surface area is 198 Å². The molecule has 0 unspecified atom stereocenters. The van der Waals surface area contributed by atoms with Gasteiger partial charge in [0.1, 0.15) is 5.60 Å². The minimum atomic E-state index is -3.11. The molecule has 0 heterocycles. The van der Waals surface area contributed by atoms with E-state index in [9.17, 15) is 24.1 Å². The predicted molar refractivity (Wildman–Crippen MR) is 129 cm³/mol. The average Bonchev–Trinajstić information content (AvgIpc) is 3.09. The van der Waals surface area contributed by atoms with Crippen LogP contribution in [0.15, 0.2) is 47.1 Å². The number of allylic oxidation sites excluding steroid dienone is 5. The Morgan fingerprint density at radius 2 is 2.00 bits per heavy atom. The Bertz CT molecular complexity index is 833. The molecule has 5 atom stereocenters. The molecule has 33 heavy (non-hydrogen) atoms. The largest absolute Gasteiger partial charge is 0.396 e. The smallest absolute Gasteiger partial charge is 0.275 e. The highest BCUT2D eigenvalue weighted by atomic mass is 19.3. The van der Waals surface area contributed by atoms with Gasteiger partial charge in [0.15, 0.2) is 0 Å². The van der Waals surface area contributed by atoms with E-state index in [1.54, 1.807) is 0 Å². The van der Waals surface area contributed by atoms with E-state index in [4.69, 9.17) is 0 Å². The van der Waals surface area contributed by atoms with Gasteiger partial charge in [-0.1, -0.05) is 49.8 Å². The van der Waals surface area contributed by atoms with Crippen LogP contribution >= 0.6 is 0 Å². The van der Waals surface area contributed by atoms with Gasteiger partial charge in [0.2, 0.25) is 0 Å². The molecule has 0 amide bonds. The zero-order valence-corrected chi connectivity index (χ0v) is 20.7. The number of alkyl halides is 2. The summed E-state index contributed by atoms with van der Waals surface area (Å²) in [6.45, 7) is 10.9. The molecule has 0 spiro atoms. The van der Waals surface area contributed by atoms with E-state index < -0.39 is 17.6 Å². The summed E-state index contributed by atoms with van der Waals surface area (Å²) in [5, 5.41) is 29.6. The third kappa shape index (κ3) is 5.36. The highest BCUT2D eigenvalue weighted by Crippen LogP contribution is 2.57. The van der Waals surface area contributed by atoms with E-state index in [0.29, 0.717) is 25.2 Å². The molecule has 3 aliphatic carbocycles. The zero-order chi connectivity index (χ0) is 24.6. The fourth-order valence-electron chi connectivity index (χ4n) is 6.24. The molecule has 3 nitrogen and oxygen atoms in total. The Kier molecular flexibility index (Phi) is 7.77. The van der Waals surface area contributed by atoms with Crippen molar-refractivity contribution in [3.8, 4) is 0 Å². The normalized spacial score (nSPS) is 34.5. The fourth-order valence-corrected chi connectivity index (χ4v) is 6.24. The maximum Gasteiger partial charge on any atom is 0.275 e. The van der Waals surface area contributed by atoms with Gasteiger partial charge in [0.05, 0.1) is 12.7 Å². The molecule has 0 aromatic carbocycles. The number of rotatable bonds is 7. The lowest BCUT2D eigenvalue weighted by molar-refractivity contribution is -0.166. The Hall–Kier alpha value is -1.30. The molecule has 5 heteroatoms. The molecule has 0 aromatic rings. The van der Waals surface area contributed by atoms with Crippen molar-refractivity contribution in [3.05, 3.63) is 47.1 Å². The maximum atomic E-state index is 14.3. The third-order valence-corrected chi connectivity index (χ3v) is 8.56. The van der Waals surface area contributed by atoms with Gasteiger partial charge in [-0.05, 0) is 87.2 Å². The van der Waals surface area contributed by atoms with Crippen LogP contribution in [0.5, 0.6) is 0 Å². The molecule has 2 saturated carbocycles. The minimum Gasteiger partial charge on any atom is -0.396 e. The molecule has 186 valence electrons. The number of aliphatic hydroxyl groups is 3. The highest BCUT2D eigenvalue weighted by Gasteiger charge is 2.48. The van der Waals surface area contributed by atoms with Gasteiger partial charge in [-0.25, -0.2) is 8.78 Å². The quantitative estimate of drug-likeness (QED) is 0.398. The molecule has 0 radical (unpaired) electrons. The predicted octanol–water partition coefficient (Wildman–Crippen LogP) is 6.12. The first-order valence-corrected chi connectivity index (χ1v) is 12.5. The lowest BCUT2D eigenvalue weighted by Gasteiger charge is -2.43. The summed E-state index contributed by atoms with van der Waals surface area (Å²) in [6, 6.07) is 0. The van der Waals surface area contributed by atoms with Gasteiger partial charge in [0, 0.05) is 12.3 Å². The van der Waals surface area contributed by atoms with Crippen molar-refractivity contribution >= 4 is 0 Å². The van der Waals surface area contributed by atoms with Gasteiger partial charge in [-0.2, -0.15) is 0 Å². The van der Waals surface area contributed by atoms with E-state index in [-0.39, 0.29) is 30.3 Å². The summed E-state index contributed by atoms with van der Waals surface area (Å²) >= 11 is 0. The van der Waals surface area contributed by atoms with Gasteiger partial charge >= 0.3 is 0 Å². The molecule has 0 saturated heterocycles. The van der Waals surface area contributed by atoms with Gasteiger partial charge < -0.3 is 15.3 Å². The zero-order valence-electron chi connectivity index (χ0n) is 20.7. The van der Waals surface area contributed by atoms with Crippen LogP contribution in [0.2, 0.25) is 0 Å². The Morgan fingerprint density at radius 3 is 2.64 bits per heavy atom. The second-order valence-electron chi connectivity index (χ2n) is 11.4.